The van der Waals surface area contributed by atoms with Gasteiger partial charge in [0.25, 0.3) is 0 Å². The first kappa shape index (κ1) is 14.0. The molecular weight excluding hydrogens is 282 g/mol. The van der Waals surface area contributed by atoms with E-state index in [2.05, 4.69) is 20.8 Å². The van der Waals surface area contributed by atoms with E-state index < -0.39 is 0 Å². The lowest BCUT2D eigenvalue weighted by atomic mass is 10.2. The number of hydrogen-bond acceptors (Lipinski definition) is 3. The highest BCUT2D eigenvalue weighted by molar-refractivity contribution is 9.10. The van der Waals surface area contributed by atoms with Gasteiger partial charge in [0.2, 0.25) is 0 Å². The molecule has 1 aromatic carbocycles. The topological polar surface area (TPSA) is 62.3 Å². The van der Waals surface area contributed by atoms with Crippen molar-refractivity contribution in [1.29, 1.82) is 5.41 Å². The van der Waals surface area contributed by atoms with Crippen molar-refractivity contribution in [2.45, 2.75) is 13.0 Å². The average Bonchev–Trinajstić information content (AvgIpc) is 2.26. The Kier molecular flexibility index (Phi) is 5.44. The van der Waals surface area contributed by atoms with E-state index in [-0.39, 0.29) is 5.84 Å². The Morgan fingerprint density at radius 2 is 2.24 bits per heavy atom. The van der Waals surface area contributed by atoms with Gasteiger partial charge in [-0.2, -0.15) is 0 Å². The fraction of sp³-hybridized carbons (Fsp3) is 0.417. The summed E-state index contributed by atoms with van der Waals surface area (Å²) in [6.07, 6.45) is 0.605. The zero-order valence-corrected chi connectivity index (χ0v) is 11.8. The molecule has 0 saturated heterocycles. The number of ether oxygens (including phenoxy) is 1. The smallest absolute Gasteiger partial charge is 0.133 e. The van der Waals surface area contributed by atoms with Gasteiger partial charge in [0, 0.05) is 19.5 Å². The number of nitrogens with one attached hydrogen (secondary N) is 1. The first-order valence-electron chi connectivity index (χ1n) is 5.36. The molecule has 0 aliphatic rings. The van der Waals surface area contributed by atoms with Gasteiger partial charge < -0.3 is 15.4 Å². The second-order valence-corrected chi connectivity index (χ2v) is 4.84. The second-order valence-electron chi connectivity index (χ2n) is 3.98. The monoisotopic (exact) mass is 299 g/mol. The SMILES string of the molecule is COc1ccc(CN(C)CCC(=N)N)cc1Br. The van der Waals surface area contributed by atoms with Gasteiger partial charge in [-0.1, -0.05) is 6.07 Å². The van der Waals surface area contributed by atoms with Crippen LogP contribution >= 0.6 is 15.9 Å². The Hall–Kier alpha value is -1.07. The van der Waals surface area contributed by atoms with Gasteiger partial charge in [0.05, 0.1) is 17.4 Å². The van der Waals surface area contributed by atoms with Gasteiger partial charge in [0.15, 0.2) is 0 Å². The number of halogens is 1. The highest BCUT2D eigenvalue weighted by Gasteiger charge is 2.04. The van der Waals surface area contributed by atoms with Gasteiger partial charge in [-0.15, -0.1) is 0 Å². The Bertz CT molecular complexity index is 395. The minimum atomic E-state index is 0.229. The predicted molar refractivity (Wildman–Crippen MR) is 73.6 cm³/mol. The molecule has 0 unspecified atom stereocenters. The van der Waals surface area contributed by atoms with E-state index in [1.165, 1.54) is 5.56 Å². The molecule has 0 radical (unpaired) electrons. The van der Waals surface area contributed by atoms with Crippen LogP contribution in [-0.2, 0) is 6.54 Å². The third kappa shape index (κ3) is 4.75. The number of methoxy groups -OCH3 is 1. The van der Waals surface area contributed by atoms with E-state index in [1.807, 2.05) is 25.2 Å². The lowest BCUT2D eigenvalue weighted by Crippen LogP contribution is -2.23. The summed E-state index contributed by atoms with van der Waals surface area (Å²) in [5, 5.41) is 7.18. The fourth-order valence-electron chi connectivity index (χ4n) is 1.51. The van der Waals surface area contributed by atoms with Crippen molar-refractivity contribution in [2.24, 2.45) is 5.73 Å². The van der Waals surface area contributed by atoms with E-state index in [0.29, 0.717) is 6.42 Å². The van der Waals surface area contributed by atoms with Crippen LogP contribution in [-0.4, -0.2) is 31.4 Å². The Labute approximate surface area is 110 Å². The summed E-state index contributed by atoms with van der Waals surface area (Å²) in [5.74, 6) is 1.06. The molecule has 1 aromatic rings. The minimum Gasteiger partial charge on any atom is -0.496 e. The molecule has 0 aliphatic heterocycles. The largest absolute Gasteiger partial charge is 0.496 e. The van der Waals surface area contributed by atoms with Crippen molar-refractivity contribution in [3.05, 3.63) is 28.2 Å². The molecule has 5 heteroatoms. The molecular formula is C12H18BrN3O. The van der Waals surface area contributed by atoms with Crippen molar-refractivity contribution in [1.82, 2.24) is 4.90 Å². The van der Waals surface area contributed by atoms with Crippen LogP contribution in [0, 0.1) is 5.41 Å². The molecule has 0 bridgehead atoms. The third-order valence-corrected chi connectivity index (χ3v) is 3.05. The van der Waals surface area contributed by atoms with Gasteiger partial charge in [0.1, 0.15) is 5.75 Å². The molecule has 0 saturated carbocycles. The van der Waals surface area contributed by atoms with Gasteiger partial charge >= 0.3 is 0 Å². The molecule has 1 rings (SSSR count). The maximum atomic E-state index is 7.18. The summed E-state index contributed by atoms with van der Waals surface area (Å²) in [4.78, 5) is 2.13. The third-order valence-electron chi connectivity index (χ3n) is 2.43. The Balaban J connectivity index is 2.56. The van der Waals surface area contributed by atoms with Crippen LogP contribution in [0.15, 0.2) is 22.7 Å². The van der Waals surface area contributed by atoms with E-state index >= 15 is 0 Å². The highest BCUT2D eigenvalue weighted by Crippen LogP contribution is 2.25. The lowest BCUT2D eigenvalue weighted by molar-refractivity contribution is 0.336. The van der Waals surface area contributed by atoms with E-state index in [4.69, 9.17) is 15.9 Å². The number of rotatable bonds is 6. The van der Waals surface area contributed by atoms with Crippen LogP contribution in [0.3, 0.4) is 0 Å². The van der Waals surface area contributed by atoms with Crippen molar-refractivity contribution >= 4 is 21.8 Å². The summed E-state index contributed by atoms with van der Waals surface area (Å²) >= 11 is 3.46. The highest BCUT2D eigenvalue weighted by atomic mass is 79.9. The second kappa shape index (κ2) is 6.61. The van der Waals surface area contributed by atoms with Crippen molar-refractivity contribution in [2.75, 3.05) is 20.7 Å². The van der Waals surface area contributed by atoms with Crippen LogP contribution in [0.5, 0.6) is 5.75 Å². The van der Waals surface area contributed by atoms with Crippen LogP contribution in [0.4, 0.5) is 0 Å². The van der Waals surface area contributed by atoms with Gasteiger partial charge in [-0.05, 0) is 40.7 Å². The maximum Gasteiger partial charge on any atom is 0.133 e. The number of nitrogens with two attached hydrogens (primary N) is 1. The molecule has 4 nitrogen and oxygen atoms in total. The first-order chi connectivity index (χ1) is 8.02. The quantitative estimate of drug-likeness (QED) is 0.625. The molecule has 0 fully saturated rings. The van der Waals surface area contributed by atoms with Crippen LogP contribution in [0.25, 0.3) is 0 Å². The lowest BCUT2D eigenvalue weighted by Gasteiger charge is -2.16. The molecule has 0 heterocycles. The molecule has 94 valence electrons. The first-order valence-corrected chi connectivity index (χ1v) is 6.16. The average molecular weight is 300 g/mol. The minimum absolute atomic E-state index is 0.229. The molecule has 0 aromatic heterocycles. The van der Waals surface area contributed by atoms with E-state index in [0.717, 1.165) is 23.3 Å². The normalized spacial score (nSPS) is 10.6. The maximum absolute atomic E-state index is 7.18. The number of amidine groups is 1. The standard InChI is InChI=1S/C12H18BrN3O/c1-16(6-5-12(14)15)8-9-3-4-11(17-2)10(13)7-9/h3-4,7H,5-6,8H2,1-2H3,(H3,14,15). The summed E-state index contributed by atoms with van der Waals surface area (Å²) in [7, 11) is 3.67. The predicted octanol–water partition coefficient (Wildman–Crippen LogP) is 2.22. The zero-order chi connectivity index (χ0) is 12.8. The van der Waals surface area contributed by atoms with Crippen molar-refractivity contribution in [3.8, 4) is 5.75 Å². The van der Waals surface area contributed by atoms with E-state index in [9.17, 15) is 0 Å². The van der Waals surface area contributed by atoms with Gasteiger partial charge in [-0.25, -0.2) is 0 Å². The molecule has 0 amide bonds. The Morgan fingerprint density at radius 1 is 1.53 bits per heavy atom. The van der Waals surface area contributed by atoms with Crippen LogP contribution < -0.4 is 10.5 Å². The summed E-state index contributed by atoms with van der Waals surface area (Å²) in [6.45, 7) is 1.62. The van der Waals surface area contributed by atoms with E-state index in [1.54, 1.807) is 7.11 Å². The Morgan fingerprint density at radius 3 is 2.76 bits per heavy atom. The van der Waals surface area contributed by atoms with Crippen LogP contribution in [0.1, 0.15) is 12.0 Å². The molecule has 0 spiro atoms. The summed E-state index contributed by atoms with van der Waals surface area (Å²) in [6, 6.07) is 6.02. The number of hydrogen-bond donors (Lipinski definition) is 2. The molecule has 0 atom stereocenters. The van der Waals surface area contributed by atoms with Crippen molar-refractivity contribution in [3.63, 3.8) is 0 Å². The van der Waals surface area contributed by atoms with Gasteiger partial charge in [-0.3, -0.25) is 5.41 Å². The summed E-state index contributed by atoms with van der Waals surface area (Å²) in [5.41, 5.74) is 6.53. The number of benzene rings is 1. The summed E-state index contributed by atoms with van der Waals surface area (Å²) < 4.78 is 6.13. The molecule has 17 heavy (non-hydrogen) atoms. The molecule has 3 N–H and O–H groups in total. The van der Waals surface area contributed by atoms with Crippen LogP contribution in [0.2, 0.25) is 0 Å². The number of nitrogens with zero attached hydrogens (tertiary/aromatic N) is 1. The molecule has 0 aliphatic carbocycles. The van der Waals surface area contributed by atoms with Crippen molar-refractivity contribution < 1.29 is 4.74 Å². The fourth-order valence-corrected chi connectivity index (χ4v) is 2.10. The zero-order valence-electron chi connectivity index (χ0n) is 10.2.